The molecule has 0 fully saturated rings. The molecule has 0 rings (SSSR count). The van der Waals surface area contributed by atoms with Crippen molar-refractivity contribution < 1.29 is 32.8 Å². The molecular weight excluding hydrogens is 324 g/mol. The third kappa shape index (κ3) is 4.44. The maximum absolute atomic E-state index is 12.1. The maximum atomic E-state index is 12.1. The highest BCUT2D eigenvalue weighted by Crippen LogP contribution is 2.52. The van der Waals surface area contributed by atoms with Crippen molar-refractivity contribution in [3.05, 3.63) is 0 Å². The van der Waals surface area contributed by atoms with Gasteiger partial charge in [0.15, 0.2) is 0 Å². The van der Waals surface area contributed by atoms with Crippen LogP contribution in [-0.2, 0) is 19.7 Å². The number of carbonyl (C=O) groups is 2. The fourth-order valence-electron chi connectivity index (χ4n) is 3.13. The molecule has 1 atom stereocenters. The maximum Gasteiger partial charge on any atom is 0.328 e. The molecule has 0 aliphatic rings. The molecule has 0 saturated heterocycles. The van der Waals surface area contributed by atoms with Crippen molar-refractivity contribution >= 4 is 22.1 Å². The highest BCUT2D eigenvalue weighted by molar-refractivity contribution is 7.88. The van der Waals surface area contributed by atoms with Crippen LogP contribution >= 0.6 is 0 Å². The van der Waals surface area contributed by atoms with Gasteiger partial charge in [0.1, 0.15) is 5.41 Å². The molecule has 0 aromatic rings. The summed E-state index contributed by atoms with van der Waals surface area (Å²) in [4.78, 5) is 23.9. The fraction of sp³-hybridized carbons (Fsp3) is 0.867. The van der Waals surface area contributed by atoms with Crippen LogP contribution in [0.15, 0.2) is 0 Å². The number of carboxylic acid groups (broad SMARTS) is 2. The number of aliphatic carboxylic acids is 2. The predicted molar refractivity (Wildman–Crippen MR) is 85.8 cm³/mol. The molecule has 7 nitrogen and oxygen atoms in total. The van der Waals surface area contributed by atoms with Gasteiger partial charge in [-0.15, -0.1) is 0 Å². The van der Waals surface area contributed by atoms with Crippen LogP contribution in [0.25, 0.3) is 0 Å². The minimum absolute atomic E-state index is 0.227. The Morgan fingerprint density at radius 3 is 1.22 bits per heavy atom. The van der Waals surface area contributed by atoms with Gasteiger partial charge in [0.25, 0.3) is 10.1 Å². The van der Waals surface area contributed by atoms with Gasteiger partial charge in [0, 0.05) is 0 Å². The average Bonchev–Trinajstić information content (AvgIpc) is 2.20. The minimum atomic E-state index is -5.19. The predicted octanol–water partition coefficient (Wildman–Crippen LogP) is 2.66. The van der Waals surface area contributed by atoms with E-state index >= 15 is 0 Å². The first kappa shape index (κ1) is 21.9. The van der Waals surface area contributed by atoms with Crippen LogP contribution in [0.1, 0.15) is 61.3 Å². The van der Waals surface area contributed by atoms with Crippen LogP contribution in [0.5, 0.6) is 0 Å². The Morgan fingerprint density at radius 2 is 1.09 bits per heavy atom. The summed E-state index contributed by atoms with van der Waals surface area (Å²) in [5.74, 6) is -3.43. The van der Waals surface area contributed by atoms with Crippen molar-refractivity contribution in [2.75, 3.05) is 0 Å². The molecular formula is C15H28O7S. The van der Waals surface area contributed by atoms with E-state index in [2.05, 4.69) is 0 Å². The summed E-state index contributed by atoms with van der Waals surface area (Å²) in [5.41, 5.74) is -3.54. The molecule has 0 aromatic heterocycles. The molecule has 8 heteroatoms. The van der Waals surface area contributed by atoms with Crippen molar-refractivity contribution in [1.82, 2.24) is 0 Å². The lowest BCUT2D eigenvalue weighted by Crippen LogP contribution is -2.62. The number of hydrogen-bond acceptors (Lipinski definition) is 4. The molecule has 0 spiro atoms. The number of carboxylic acids is 2. The summed E-state index contributed by atoms with van der Waals surface area (Å²) >= 11 is 0. The Hall–Kier alpha value is -1.15. The molecule has 3 N–H and O–H groups in total. The zero-order valence-electron chi connectivity index (χ0n) is 14.8. The van der Waals surface area contributed by atoms with Crippen LogP contribution in [0.3, 0.4) is 0 Å². The second-order valence-corrected chi connectivity index (χ2v) is 10.4. The van der Waals surface area contributed by atoms with E-state index in [9.17, 15) is 32.8 Å². The molecule has 0 aliphatic heterocycles. The Labute approximate surface area is 137 Å². The zero-order valence-corrected chi connectivity index (χ0v) is 15.6. The zero-order chi connectivity index (χ0) is 19.1. The van der Waals surface area contributed by atoms with Gasteiger partial charge in [-0.2, -0.15) is 8.42 Å². The first-order valence-electron chi connectivity index (χ1n) is 7.24. The molecule has 0 aromatic carbocycles. The monoisotopic (exact) mass is 352 g/mol. The minimum Gasteiger partial charge on any atom is -0.481 e. The Balaban J connectivity index is 6.87. The van der Waals surface area contributed by atoms with E-state index in [1.165, 1.54) is 0 Å². The molecule has 0 heterocycles. The van der Waals surface area contributed by atoms with Gasteiger partial charge in [-0.25, -0.2) is 0 Å². The van der Waals surface area contributed by atoms with Gasteiger partial charge in [0.2, 0.25) is 4.75 Å². The van der Waals surface area contributed by atoms with E-state index < -0.39 is 43.0 Å². The smallest absolute Gasteiger partial charge is 0.328 e. The Kier molecular flexibility index (Phi) is 5.75. The second kappa shape index (κ2) is 6.05. The standard InChI is InChI=1S/C15H28O7S/c1-12(2,3)8-15(11(18)19,9-13(4,5)6)14(7,10(16)17)23(20,21)22/h8-9H2,1-7H3,(H,16,17)(H,18,19)(H,20,21,22). The highest BCUT2D eigenvalue weighted by Gasteiger charge is 2.67. The van der Waals surface area contributed by atoms with Crippen molar-refractivity contribution in [3.8, 4) is 0 Å². The lowest BCUT2D eigenvalue weighted by molar-refractivity contribution is -0.164. The molecule has 0 aliphatic carbocycles. The number of rotatable bonds is 6. The van der Waals surface area contributed by atoms with Gasteiger partial charge in [-0.3, -0.25) is 14.1 Å². The summed E-state index contributed by atoms with van der Waals surface area (Å²) in [6.07, 6.45) is -0.454. The first-order valence-corrected chi connectivity index (χ1v) is 8.68. The molecule has 23 heavy (non-hydrogen) atoms. The topological polar surface area (TPSA) is 129 Å². The van der Waals surface area contributed by atoms with E-state index in [0.29, 0.717) is 0 Å². The van der Waals surface area contributed by atoms with E-state index in [4.69, 9.17) is 0 Å². The van der Waals surface area contributed by atoms with Crippen LogP contribution in [-0.4, -0.2) is 39.9 Å². The van der Waals surface area contributed by atoms with Crippen LogP contribution < -0.4 is 0 Å². The fourth-order valence-corrected chi connectivity index (χ4v) is 4.07. The highest BCUT2D eigenvalue weighted by atomic mass is 32.2. The molecule has 0 bridgehead atoms. The molecule has 136 valence electrons. The molecule has 0 saturated carbocycles. The Morgan fingerprint density at radius 1 is 0.783 bits per heavy atom. The normalized spacial score (nSPS) is 16.7. The summed E-state index contributed by atoms with van der Waals surface area (Å²) in [6, 6.07) is 0. The van der Waals surface area contributed by atoms with Crippen LogP contribution in [0, 0.1) is 16.2 Å². The van der Waals surface area contributed by atoms with E-state index in [1.54, 1.807) is 41.5 Å². The van der Waals surface area contributed by atoms with Crippen molar-refractivity contribution in [1.29, 1.82) is 0 Å². The lowest BCUT2D eigenvalue weighted by atomic mass is 9.60. The van der Waals surface area contributed by atoms with Crippen molar-refractivity contribution in [2.24, 2.45) is 16.2 Å². The third-order valence-electron chi connectivity index (χ3n) is 3.91. The van der Waals surface area contributed by atoms with Gasteiger partial charge in [-0.05, 0) is 30.6 Å². The number of hydrogen-bond donors (Lipinski definition) is 3. The summed E-state index contributed by atoms with van der Waals surface area (Å²) < 4.78 is 30.6. The van der Waals surface area contributed by atoms with E-state index in [0.717, 1.165) is 6.92 Å². The van der Waals surface area contributed by atoms with Gasteiger partial charge in [-0.1, -0.05) is 41.5 Å². The van der Waals surface area contributed by atoms with Crippen LogP contribution in [0.2, 0.25) is 0 Å². The average molecular weight is 352 g/mol. The van der Waals surface area contributed by atoms with E-state index in [-0.39, 0.29) is 12.8 Å². The van der Waals surface area contributed by atoms with Crippen molar-refractivity contribution in [2.45, 2.75) is 66.1 Å². The van der Waals surface area contributed by atoms with Crippen LogP contribution in [0.4, 0.5) is 0 Å². The van der Waals surface area contributed by atoms with Crippen molar-refractivity contribution in [3.63, 3.8) is 0 Å². The van der Waals surface area contributed by atoms with E-state index in [1.807, 2.05) is 0 Å². The van der Waals surface area contributed by atoms with Gasteiger partial charge in [0.05, 0.1) is 0 Å². The second-order valence-electron chi connectivity index (χ2n) is 8.68. The van der Waals surface area contributed by atoms with Gasteiger partial charge >= 0.3 is 11.9 Å². The molecule has 0 amide bonds. The molecule has 0 radical (unpaired) electrons. The largest absolute Gasteiger partial charge is 0.481 e. The van der Waals surface area contributed by atoms with Gasteiger partial charge < -0.3 is 10.2 Å². The third-order valence-corrected chi connectivity index (χ3v) is 5.51. The first-order chi connectivity index (χ1) is 9.80. The molecule has 1 unspecified atom stereocenters. The summed E-state index contributed by atoms with van der Waals surface area (Å²) in [7, 11) is -5.19. The SMILES string of the molecule is CC(C)(C)CC(CC(C)(C)C)(C(=O)O)C(C)(C(=O)O)S(=O)(=O)O. The summed E-state index contributed by atoms with van der Waals surface area (Å²) in [6.45, 7) is 10.9. The Bertz CT molecular complexity index is 562. The summed E-state index contributed by atoms with van der Waals surface area (Å²) in [5, 5.41) is 19.4. The lowest BCUT2D eigenvalue weighted by Gasteiger charge is -2.46. The quantitative estimate of drug-likeness (QED) is 0.627.